The van der Waals surface area contributed by atoms with E-state index >= 15 is 0 Å². The molecule has 0 fully saturated rings. The topological polar surface area (TPSA) is 81.7 Å². The van der Waals surface area contributed by atoms with Crippen molar-refractivity contribution in [3.8, 4) is 0 Å². The third-order valence-electron chi connectivity index (χ3n) is 8.14. The lowest BCUT2D eigenvalue weighted by Gasteiger charge is -2.22. The molecule has 6 nitrogen and oxygen atoms in total. The van der Waals surface area contributed by atoms with Crippen LogP contribution in [0.1, 0.15) is 189 Å². The molecule has 0 aromatic heterocycles. The second-order valence-electron chi connectivity index (χ2n) is 14.3. The summed E-state index contributed by atoms with van der Waals surface area (Å²) in [6.07, 6.45) is 32.9. The van der Waals surface area contributed by atoms with Gasteiger partial charge in [0.1, 0.15) is 13.2 Å². The fraction of sp³-hybridized carbons (Fsp3) is 0.825. The van der Waals surface area contributed by atoms with Crippen LogP contribution in [-0.2, 0) is 23.9 Å². The van der Waals surface area contributed by atoms with Crippen molar-refractivity contribution in [1.29, 1.82) is 0 Å². The van der Waals surface area contributed by atoms with Crippen LogP contribution >= 0.6 is 0 Å². The summed E-state index contributed by atoms with van der Waals surface area (Å²) >= 11 is 0. The molecule has 0 aliphatic carbocycles. The Kier molecular flexibility index (Phi) is 30.0. The maximum atomic E-state index is 12.7. The van der Waals surface area contributed by atoms with Gasteiger partial charge in [-0.2, -0.15) is 0 Å². The summed E-state index contributed by atoms with van der Waals surface area (Å²) in [5.74, 6) is -0.0502. The molecule has 0 saturated carbocycles. The third-order valence-corrected chi connectivity index (χ3v) is 8.14. The van der Waals surface area contributed by atoms with Crippen LogP contribution in [-0.4, -0.2) is 37.1 Å². The number of amides is 1. The molecule has 0 aromatic carbocycles. The number of nitrogens with one attached hydrogen (secondary N) is 1. The van der Waals surface area contributed by atoms with Crippen LogP contribution < -0.4 is 5.32 Å². The highest BCUT2D eigenvalue weighted by molar-refractivity contribution is 5.76. The molecule has 0 spiro atoms. The van der Waals surface area contributed by atoms with Crippen molar-refractivity contribution in [1.82, 2.24) is 5.32 Å². The van der Waals surface area contributed by atoms with Crippen molar-refractivity contribution in [3.63, 3.8) is 0 Å². The van der Waals surface area contributed by atoms with Gasteiger partial charge < -0.3 is 14.8 Å². The lowest BCUT2D eigenvalue weighted by atomic mass is 9.91. The Labute approximate surface area is 284 Å². The highest BCUT2D eigenvalue weighted by atomic mass is 16.5. The Morgan fingerprint density at radius 1 is 0.565 bits per heavy atom. The van der Waals surface area contributed by atoms with Crippen LogP contribution in [0.2, 0.25) is 0 Å². The largest absolute Gasteiger partial charge is 0.461 e. The standard InChI is InChI=1S/C40H73NO5/c1-6-8-10-12-14-22-28-34-46-39(44)32-26-20-16-18-24-30-36(41-37(42)35-40(3,4)5)29-23-17-15-19-25-31-38(43)45-33-27-21-13-11-9-7-2/h21-22,27-28,36H,6-20,23-26,29-35H2,1-5H3,(H,41,42)/b27-21-,28-22-. The Morgan fingerprint density at radius 3 is 1.46 bits per heavy atom. The average Bonchev–Trinajstić information content (AvgIpc) is 2.99. The van der Waals surface area contributed by atoms with E-state index in [0.717, 1.165) is 89.9 Å². The van der Waals surface area contributed by atoms with Gasteiger partial charge in [0.05, 0.1) is 0 Å². The number of carbonyl (C=O) groups is 3. The van der Waals surface area contributed by atoms with Crippen LogP contribution in [0.5, 0.6) is 0 Å². The quantitative estimate of drug-likeness (QED) is 0.0460. The van der Waals surface area contributed by atoms with Crippen molar-refractivity contribution in [2.45, 2.75) is 195 Å². The molecule has 0 aliphatic rings. The molecule has 1 amide bonds. The second-order valence-corrected chi connectivity index (χ2v) is 14.3. The van der Waals surface area contributed by atoms with Crippen molar-refractivity contribution >= 4 is 17.8 Å². The molecule has 1 atom stereocenters. The number of hydrogen-bond donors (Lipinski definition) is 1. The fourth-order valence-corrected chi connectivity index (χ4v) is 5.43. The van der Waals surface area contributed by atoms with Gasteiger partial charge in [0, 0.05) is 25.3 Å². The van der Waals surface area contributed by atoms with E-state index in [1.165, 1.54) is 44.9 Å². The van der Waals surface area contributed by atoms with Crippen LogP contribution in [0.15, 0.2) is 24.3 Å². The summed E-state index contributed by atoms with van der Waals surface area (Å²) < 4.78 is 10.6. The summed E-state index contributed by atoms with van der Waals surface area (Å²) in [7, 11) is 0. The van der Waals surface area contributed by atoms with Gasteiger partial charge in [0.25, 0.3) is 0 Å². The van der Waals surface area contributed by atoms with Crippen molar-refractivity contribution in [2.75, 3.05) is 13.2 Å². The van der Waals surface area contributed by atoms with Crippen LogP contribution in [0.25, 0.3) is 0 Å². The number of rotatable bonds is 31. The summed E-state index contributed by atoms with van der Waals surface area (Å²) in [5, 5.41) is 3.31. The van der Waals surface area contributed by atoms with Gasteiger partial charge in [-0.25, -0.2) is 0 Å². The molecule has 0 aromatic rings. The molecular formula is C40H73NO5. The number of carbonyl (C=O) groups excluding carboxylic acids is 3. The number of unbranched alkanes of at least 4 members (excludes halogenated alkanes) is 15. The van der Waals surface area contributed by atoms with E-state index in [2.05, 4.69) is 52.1 Å². The molecule has 0 radical (unpaired) electrons. The van der Waals surface area contributed by atoms with Crippen molar-refractivity contribution in [2.24, 2.45) is 5.41 Å². The molecular weight excluding hydrogens is 574 g/mol. The fourth-order valence-electron chi connectivity index (χ4n) is 5.43. The normalized spacial score (nSPS) is 12.5. The van der Waals surface area contributed by atoms with E-state index in [1.807, 2.05) is 12.2 Å². The Balaban J connectivity index is 4.09. The number of hydrogen-bond acceptors (Lipinski definition) is 5. The van der Waals surface area contributed by atoms with E-state index in [9.17, 15) is 14.4 Å². The van der Waals surface area contributed by atoms with Gasteiger partial charge in [0.15, 0.2) is 0 Å². The maximum absolute atomic E-state index is 12.7. The molecule has 1 unspecified atom stereocenters. The summed E-state index contributed by atoms with van der Waals surface area (Å²) in [5.41, 5.74) is -0.0214. The Hall–Kier alpha value is -2.11. The molecule has 0 heterocycles. The first-order valence-electron chi connectivity index (χ1n) is 19.1. The highest BCUT2D eigenvalue weighted by Gasteiger charge is 2.19. The molecule has 0 aliphatic heterocycles. The number of esters is 2. The molecule has 0 rings (SSSR count). The van der Waals surface area contributed by atoms with Gasteiger partial charge in [-0.05, 0) is 56.8 Å². The lowest BCUT2D eigenvalue weighted by molar-refractivity contribution is -0.143. The van der Waals surface area contributed by atoms with Gasteiger partial charge in [-0.3, -0.25) is 14.4 Å². The Morgan fingerprint density at radius 2 is 0.978 bits per heavy atom. The first kappa shape index (κ1) is 43.9. The van der Waals surface area contributed by atoms with E-state index in [-0.39, 0.29) is 29.3 Å². The smallest absolute Gasteiger partial charge is 0.306 e. The second kappa shape index (κ2) is 31.5. The number of ether oxygens (including phenoxy) is 2. The van der Waals surface area contributed by atoms with Crippen LogP contribution in [0, 0.1) is 5.41 Å². The average molecular weight is 648 g/mol. The van der Waals surface area contributed by atoms with Crippen molar-refractivity contribution < 1.29 is 23.9 Å². The van der Waals surface area contributed by atoms with E-state index in [0.29, 0.717) is 32.5 Å². The van der Waals surface area contributed by atoms with E-state index in [1.54, 1.807) is 0 Å². The molecule has 0 saturated heterocycles. The SMILES string of the molecule is CCCCC/C=C\COC(=O)CCCCCCCC(CCCCCCCC(=O)OC/C=C\CCCCCC)NC(=O)CC(C)(C)C. The zero-order valence-electron chi connectivity index (χ0n) is 30.8. The van der Waals surface area contributed by atoms with Gasteiger partial charge in [-0.1, -0.05) is 142 Å². The lowest BCUT2D eigenvalue weighted by Crippen LogP contribution is -2.36. The first-order valence-corrected chi connectivity index (χ1v) is 19.1. The van der Waals surface area contributed by atoms with Crippen LogP contribution in [0.3, 0.4) is 0 Å². The number of allylic oxidation sites excluding steroid dienone is 2. The van der Waals surface area contributed by atoms with Crippen molar-refractivity contribution in [3.05, 3.63) is 24.3 Å². The first-order chi connectivity index (χ1) is 22.2. The van der Waals surface area contributed by atoms with Gasteiger partial charge >= 0.3 is 11.9 Å². The van der Waals surface area contributed by atoms with Gasteiger partial charge in [0.2, 0.25) is 5.91 Å². The highest BCUT2D eigenvalue weighted by Crippen LogP contribution is 2.20. The predicted octanol–water partition coefficient (Wildman–Crippen LogP) is 11.1. The third kappa shape index (κ3) is 33.3. The maximum Gasteiger partial charge on any atom is 0.306 e. The Bertz CT molecular complexity index is 798. The zero-order chi connectivity index (χ0) is 34.1. The van der Waals surface area contributed by atoms with E-state index in [4.69, 9.17) is 9.47 Å². The minimum Gasteiger partial charge on any atom is -0.461 e. The molecule has 268 valence electrons. The monoisotopic (exact) mass is 648 g/mol. The molecule has 1 N–H and O–H groups in total. The summed E-state index contributed by atoms with van der Waals surface area (Å²) in [4.78, 5) is 36.6. The minimum absolute atomic E-state index is 0.0214. The predicted molar refractivity (Wildman–Crippen MR) is 194 cm³/mol. The molecule has 0 bridgehead atoms. The summed E-state index contributed by atoms with van der Waals surface area (Å²) in [6.45, 7) is 11.5. The van der Waals surface area contributed by atoms with Crippen LogP contribution in [0.4, 0.5) is 0 Å². The zero-order valence-corrected chi connectivity index (χ0v) is 30.8. The molecule has 6 heteroatoms. The van der Waals surface area contributed by atoms with Gasteiger partial charge in [-0.15, -0.1) is 0 Å². The minimum atomic E-state index is -0.101. The van der Waals surface area contributed by atoms with E-state index < -0.39 is 0 Å². The molecule has 46 heavy (non-hydrogen) atoms. The summed E-state index contributed by atoms with van der Waals surface area (Å²) in [6, 6.07) is 0.217.